The summed E-state index contributed by atoms with van der Waals surface area (Å²) in [5, 5.41) is 0. The van der Waals surface area contributed by atoms with Crippen LogP contribution in [0.4, 0.5) is 0 Å². The minimum absolute atomic E-state index is 0. The van der Waals surface area contributed by atoms with Crippen LogP contribution in [0, 0.1) is 28.2 Å². The van der Waals surface area contributed by atoms with Crippen molar-refractivity contribution in [3.8, 4) is 0 Å². The van der Waals surface area contributed by atoms with Crippen molar-refractivity contribution in [3.63, 3.8) is 0 Å². The average Bonchev–Trinajstić information content (AvgIpc) is 1.59. The normalized spacial score (nSPS) is 7.17. The van der Waals surface area contributed by atoms with Crippen LogP contribution >= 0.6 is 0 Å². The molecule has 1 aromatic heterocycles. The molecule has 0 aliphatic heterocycles. The van der Waals surface area contributed by atoms with Gasteiger partial charge in [0.1, 0.15) is 0 Å². The van der Waals surface area contributed by atoms with Gasteiger partial charge >= 0.3 is 21.1 Å². The van der Waals surface area contributed by atoms with E-state index in [0.29, 0.717) is 0 Å². The van der Waals surface area contributed by atoms with E-state index in [1.54, 1.807) is 0 Å². The fraction of sp³-hybridized carbons (Fsp3) is 0.300. The zero-order valence-electron chi connectivity index (χ0n) is 7.22. The summed E-state index contributed by atoms with van der Waals surface area (Å²) in [6, 6.07) is 3.93. The fourth-order valence-corrected chi connectivity index (χ4v) is 0.921. The molecule has 0 saturated carbocycles. The third-order valence-electron chi connectivity index (χ3n) is 1.14. The molecule has 1 aromatic rings. The molecule has 0 aliphatic rings. The minimum Gasteiger partial charge on any atom is -0.358 e. The molecule has 12 heavy (non-hydrogen) atoms. The van der Waals surface area contributed by atoms with Gasteiger partial charge in [0.05, 0.1) is 0 Å². The quantitative estimate of drug-likeness (QED) is 0.665. The monoisotopic (exact) mass is 335 g/mol. The number of hydrogen-bond donors (Lipinski definition) is 0. The topological polar surface area (TPSA) is 12.9 Å². The smallest absolute Gasteiger partial charge is 0.358 e. The molecule has 0 aromatic carbocycles. The van der Waals surface area contributed by atoms with Gasteiger partial charge in [0.25, 0.3) is 0 Å². The van der Waals surface area contributed by atoms with Gasteiger partial charge < -0.3 is 7.43 Å². The molecule has 0 spiro atoms. The van der Waals surface area contributed by atoms with E-state index in [2.05, 4.69) is 11.9 Å². The van der Waals surface area contributed by atoms with Gasteiger partial charge in [0.2, 0.25) is 0 Å². The Kier molecular flexibility index (Phi) is 10.9. The molecule has 0 unspecified atom stereocenters. The Morgan fingerprint density at radius 2 is 1.50 bits per heavy atom. The first-order valence-electron chi connectivity index (χ1n) is 2.96. The summed E-state index contributed by atoms with van der Waals surface area (Å²) in [4.78, 5) is 4.19. The Morgan fingerprint density at radius 1 is 1.17 bits per heavy atom. The van der Waals surface area contributed by atoms with Gasteiger partial charge in [0, 0.05) is 0 Å². The van der Waals surface area contributed by atoms with Crippen molar-refractivity contribution in [2.45, 2.75) is 21.3 Å². The van der Waals surface area contributed by atoms with Gasteiger partial charge in [-0.15, -0.1) is 12.1 Å². The maximum absolute atomic E-state index is 4.19. The second-order valence-electron chi connectivity index (χ2n) is 2.26. The summed E-state index contributed by atoms with van der Waals surface area (Å²) in [6.07, 6.45) is 0. The van der Waals surface area contributed by atoms with Crippen LogP contribution < -0.4 is 0 Å². The molecule has 0 atom stereocenters. The van der Waals surface area contributed by atoms with Crippen molar-refractivity contribution in [1.29, 1.82) is 0 Å². The van der Waals surface area contributed by atoms with E-state index in [1.165, 1.54) is 0 Å². The maximum Gasteiger partial charge on any atom is 2.00 e. The fourth-order valence-electron chi connectivity index (χ4n) is 0.921. The molecule has 0 N–H and O–H groups in total. The number of aryl methyl sites for hydroxylation is 2. The van der Waals surface area contributed by atoms with Gasteiger partial charge in [0.15, 0.2) is 0 Å². The number of aromatic nitrogens is 1. The molecule has 0 fully saturated rings. The van der Waals surface area contributed by atoms with Crippen LogP contribution in [0.1, 0.15) is 24.4 Å². The van der Waals surface area contributed by atoms with Crippen molar-refractivity contribution in [2.24, 2.45) is 0 Å². The van der Waals surface area contributed by atoms with E-state index in [4.69, 9.17) is 0 Å². The number of rotatable bonds is 0. The predicted molar refractivity (Wildman–Crippen MR) is 51.3 cm³/mol. The summed E-state index contributed by atoms with van der Waals surface area (Å²) in [7, 11) is 0. The molecule has 0 bridgehead atoms. The zero-order valence-corrected chi connectivity index (χ0v) is 10.2. The molecule has 0 amide bonds. The van der Waals surface area contributed by atoms with E-state index in [0.717, 1.165) is 17.0 Å². The summed E-state index contributed by atoms with van der Waals surface area (Å²) < 4.78 is 0. The average molecular weight is 335 g/mol. The molecular formula is C10H17NW. The van der Waals surface area contributed by atoms with Gasteiger partial charge in [-0.1, -0.05) is 7.43 Å². The van der Waals surface area contributed by atoms with E-state index >= 15 is 0 Å². The Bertz CT molecular complexity index is 171. The van der Waals surface area contributed by atoms with E-state index < -0.39 is 0 Å². The third kappa shape index (κ3) is 5.37. The predicted octanol–water partition coefficient (Wildman–Crippen LogP) is 2.96. The molecule has 68 valence electrons. The second kappa shape index (κ2) is 7.36. The summed E-state index contributed by atoms with van der Waals surface area (Å²) in [5.41, 5.74) is 3.12. The van der Waals surface area contributed by atoms with Crippen LogP contribution in [0.2, 0.25) is 0 Å². The maximum atomic E-state index is 4.19. The van der Waals surface area contributed by atoms with E-state index in [-0.39, 0.29) is 35.9 Å². The van der Waals surface area contributed by atoms with Crippen molar-refractivity contribution in [3.05, 3.63) is 43.4 Å². The molecule has 2 heteroatoms. The summed E-state index contributed by atoms with van der Waals surface area (Å²) >= 11 is 0. The van der Waals surface area contributed by atoms with Gasteiger partial charge in [-0.05, 0) is 25.2 Å². The molecule has 1 nitrogen and oxygen atoms in total. The Labute approximate surface area is 90.9 Å². The first-order valence-corrected chi connectivity index (χ1v) is 2.96. The Hall–Kier alpha value is -0.292. The van der Waals surface area contributed by atoms with Crippen LogP contribution in [0.3, 0.4) is 0 Å². The SMILES string of the molecule is C.[CH2-]c1cc(C)nc(C)c1.[CH3-].[W+2]. The van der Waals surface area contributed by atoms with Gasteiger partial charge in [-0.25, -0.2) is 0 Å². The standard InChI is InChI=1S/C8H10N.CH4.CH3.W/c1-6-4-7(2)9-8(3)5-6;;;/h4-5H,1H2,2-3H3;1H4;1H3;/q-1;;-1;+2. The van der Waals surface area contributed by atoms with Crippen molar-refractivity contribution < 1.29 is 21.1 Å². The number of hydrogen-bond acceptors (Lipinski definition) is 1. The number of nitrogens with zero attached hydrogens (tertiary/aromatic N) is 1. The zero-order chi connectivity index (χ0) is 6.85. The van der Waals surface area contributed by atoms with Crippen LogP contribution in [0.25, 0.3) is 0 Å². The number of pyridine rings is 1. The minimum atomic E-state index is 0. The van der Waals surface area contributed by atoms with E-state index in [9.17, 15) is 0 Å². The van der Waals surface area contributed by atoms with Crippen LogP contribution in [-0.4, -0.2) is 4.98 Å². The van der Waals surface area contributed by atoms with E-state index in [1.807, 2.05) is 26.0 Å². The van der Waals surface area contributed by atoms with Gasteiger partial charge in [-0.3, -0.25) is 4.98 Å². The van der Waals surface area contributed by atoms with Crippen molar-refractivity contribution >= 4 is 0 Å². The molecule has 0 aliphatic carbocycles. The van der Waals surface area contributed by atoms with Crippen LogP contribution in [0.15, 0.2) is 12.1 Å². The first kappa shape index (κ1) is 17.7. The second-order valence-corrected chi connectivity index (χ2v) is 2.26. The van der Waals surface area contributed by atoms with Crippen LogP contribution in [-0.2, 0) is 21.1 Å². The third-order valence-corrected chi connectivity index (χ3v) is 1.14. The van der Waals surface area contributed by atoms with Crippen molar-refractivity contribution in [1.82, 2.24) is 4.98 Å². The molecule has 0 radical (unpaired) electrons. The Morgan fingerprint density at radius 3 is 1.75 bits per heavy atom. The molecule has 1 rings (SSSR count). The summed E-state index contributed by atoms with van der Waals surface area (Å²) in [5.74, 6) is 0. The molecule has 1 heterocycles. The summed E-state index contributed by atoms with van der Waals surface area (Å²) in [6.45, 7) is 7.75. The largest absolute Gasteiger partial charge is 2.00 e. The molecular weight excluding hydrogens is 318 g/mol. The van der Waals surface area contributed by atoms with Crippen LogP contribution in [0.5, 0.6) is 0 Å². The van der Waals surface area contributed by atoms with Crippen molar-refractivity contribution in [2.75, 3.05) is 0 Å². The Balaban J connectivity index is -0.000000270. The van der Waals surface area contributed by atoms with Gasteiger partial charge in [-0.2, -0.15) is 12.5 Å². The first-order chi connectivity index (χ1) is 4.18. The molecule has 0 saturated heterocycles.